The van der Waals surface area contributed by atoms with Crippen LogP contribution in [0.1, 0.15) is 12.8 Å². The highest BCUT2D eigenvalue weighted by Crippen LogP contribution is 2.51. The largest absolute Gasteiger partial charge is 0.550 e. The van der Waals surface area contributed by atoms with Crippen molar-refractivity contribution in [1.82, 2.24) is 0 Å². The average molecular weight is 188 g/mol. The molecule has 1 heterocycles. The van der Waals surface area contributed by atoms with Crippen LogP contribution in [0.25, 0.3) is 0 Å². The molecule has 1 saturated carbocycles. The van der Waals surface area contributed by atoms with E-state index in [9.17, 15) is 14.7 Å². The predicted octanol–water partition coefficient (Wildman–Crippen LogP) is -0.807. The third kappa shape index (κ3) is 0.924. The summed E-state index contributed by atoms with van der Waals surface area (Å²) < 4.78 is 0. The summed E-state index contributed by atoms with van der Waals surface area (Å²) in [5, 5.41) is 18.4. The van der Waals surface area contributed by atoms with Crippen LogP contribution in [0.5, 0.6) is 0 Å². The number of rotatable bonds is 1. The molecular weight excluding hydrogens is 180 g/mol. The van der Waals surface area contributed by atoms with E-state index in [0.717, 1.165) is 6.42 Å². The lowest BCUT2D eigenvalue weighted by Gasteiger charge is -2.08. The van der Waals surface area contributed by atoms with E-state index in [-0.39, 0.29) is 10.5 Å². The molecule has 4 nitrogen and oxygen atoms in total. The fourth-order valence-electron chi connectivity index (χ4n) is 2.00. The van der Waals surface area contributed by atoms with Crippen LogP contribution in [0.3, 0.4) is 0 Å². The molecule has 4 atom stereocenters. The molecule has 1 N–H and O–H groups in total. The summed E-state index contributed by atoms with van der Waals surface area (Å²) in [5.41, 5.74) is 0. The smallest absolute Gasteiger partial charge is 0.523 e. The second-order valence-corrected chi connectivity index (χ2v) is 5.39. The fraction of sp³-hybridized carbons (Fsp3) is 0.714. The Labute approximate surface area is 71.9 Å². The molecule has 0 aromatic rings. The van der Waals surface area contributed by atoms with Crippen molar-refractivity contribution in [2.24, 2.45) is 5.92 Å². The van der Waals surface area contributed by atoms with E-state index in [0.29, 0.717) is 6.42 Å². The Morgan fingerprint density at radius 3 is 2.50 bits per heavy atom. The third-order valence-corrected chi connectivity index (χ3v) is 5.09. The van der Waals surface area contributed by atoms with Crippen molar-refractivity contribution in [3.63, 3.8) is 0 Å². The summed E-state index contributed by atoms with van der Waals surface area (Å²) in [6, 6.07) is 0. The summed E-state index contributed by atoms with van der Waals surface area (Å²) in [6.07, 6.45) is 1.35. The summed E-state index contributed by atoms with van der Waals surface area (Å²) >= 11 is 0. The van der Waals surface area contributed by atoms with Crippen molar-refractivity contribution >= 4 is 22.2 Å². The van der Waals surface area contributed by atoms with E-state index in [2.05, 4.69) is 0 Å². The zero-order chi connectivity index (χ0) is 8.88. The van der Waals surface area contributed by atoms with Crippen LogP contribution in [0.15, 0.2) is 0 Å². The van der Waals surface area contributed by atoms with Crippen LogP contribution in [0.4, 0.5) is 4.79 Å². The highest BCUT2D eigenvalue weighted by atomic mass is 32.2. The number of fused-ring (bicyclic) bond motifs is 1. The summed E-state index contributed by atoms with van der Waals surface area (Å²) in [7, 11) is -0.668. The van der Waals surface area contributed by atoms with Gasteiger partial charge in [0.15, 0.2) is 10.5 Å². The van der Waals surface area contributed by atoms with Gasteiger partial charge in [0.05, 0.1) is 5.92 Å². The van der Waals surface area contributed by atoms with Crippen LogP contribution >= 0.6 is 0 Å². The minimum atomic E-state index is -1.07. The lowest BCUT2D eigenvalue weighted by molar-refractivity contribution is -0.311. The number of carbonyl (C=O) groups excluding carboxylic acids is 1. The number of aliphatic carboxylic acids is 1. The lowest BCUT2D eigenvalue weighted by Crippen LogP contribution is -2.34. The van der Waals surface area contributed by atoms with Crippen molar-refractivity contribution in [3.05, 3.63) is 0 Å². The van der Waals surface area contributed by atoms with E-state index in [1.54, 1.807) is 0 Å². The Bertz CT molecular complexity index is 252. The first-order valence-electron chi connectivity index (χ1n) is 3.78. The maximum Gasteiger partial charge on any atom is 0.523 e. The van der Waals surface area contributed by atoms with Gasteiger partial charge in [-0.25, -0.2) is 0 Å². The highest BCUT2D eigenvalue weighted by Gasteiger charge is 2.74. The van der Waals surface area contributed by atoms with Gasteiger partial charge < -0.3 is 15.0 Å². The van der Waals surface area contributed by atoms with E-state index in [4.69, 9.17) is 5.11 Å². The second kappa shape index (κ2) is 2.39. The zero-order valence-electron chi connectivity index (χ0n) is 6.23. The van der Waals surface area contributed by atoms with Gasteiger partial charge in [0, 0.05) is 12.4 Å². The summed E-state index contributed by atoms with van der Waals surface area (Å²) in [4.78, 5) is 21.0. The molecule has 2 aliphatic rings. The van der Waals surface area contributed by atoms with Gasteiger partial charge in [0.2, 0.25) is 0 Å². The van der Waals surface area contributed by atoms with Crippen LogP contribution < -0.4 is 5.11 Å². The molecular formula is C7H8O4S. The van der Waals surface area contributed by atoms with Crippen LogP contribution in [-0.4, -0.2) is 26.9 Å². The molecule has 66 valence electrons. The minimum Gasteiger partial charge on any atom is -0.550 e. The molecule has 2 fully saturated rings. The first kappa shape index (κ1) is 7.91. The van der Waals surface area contributed by atoms with E-state index < -0.39 is 28.1 Å². The number of carboxylic acids is 1. The van der Waals surface area contributed by atoms with Crippen molar-refractivity contribution in [2.75, 3.05) is 0 Å². The Morgan fingerprint density at radius 2 is 2.08 bits per heavy atom. The number of carbonyl (C=O) groups is 2. The molecule has 0 amide bonds. The molecule has 0 aromatic carbocycles. The number of hydrogen-bond donors (Lipinski definition) is 1. The summed E-state index contributed by atoms with van der Waals surface area (Å²) in [6.45, 7) is 0. The normalized spacial score (nSPS) is 43.7. The van der Waals surface area contributed by atoms with Gasteiger partial charge in [0.1, 0.15) is 10.9 Å². The fourth-order valence-corrected chi connectivity index (χ4v) is 4.52. The van der Waals surface area contributed by atoms with Gasteiger partial charge in [-0.1, -0.05) is 0 Å². The Kier molecular flexibility index (Phi) is 1.57. The number of hydrogen-bond acceptors (Lipinski definition) is 3. The monoisotopic (exact) mass is 188 g/mol. The van der Waals surface area contributed by atoms with Gasteiger partial charge >= 0.3 is 5.30 Å². The molecule has 1 saturated heterocycles. The number of carboxylic acid groups (broad SMARTS) is 2. The maximum absolute atomic E-state index is 10.5. The zero-order valence-corrected chi connectivity index (χ0v) is 7.04. The average Bonchev–Trinajstić information content (AvgIpc) is 2.52. The van der Waals surface area contributed by atoms with Gasteiger partial charge in [0.25, 0.3) is 0 Å². The Balaban J connectivity index is 2.07. The molecule has 0 aromatic heterocycles. The van der Waals surface area contributed by atoms with Gasteiger partial charge in [-0.15, -0.1) is 0 Å². The molecule has 12 heavy (non-hydrogen) atoms. The van der Waals surface area contributed by atoms with Crippen molar-refractivity contribution in [2.45, 2.75) is 23.3 Å². The maximum atomic E-state index is 10.5. The van der Waals surface area contributed by atoms with Crippen LogP contribution in [0, 0.1) is 5.92 Å². The van der Waals surface area contributed by atoms with E-state index in [1.807, 2.05) is 0 Å². The molecule has 0 bridgehead atoms. The topological polar surface area (TPSA) is 77.4 Å². The molecule has 1 aliphatic carbocycles. The van der Waals surface area contributed by atoms with Crippen molar-refractivity contribution in [1.29, 1.82) is 0 Å². The molecule has 5 heteroatoms. The molecule has 1 aliphatic heterocycles. The van der Waals surface area contributed by atoms with Crippen LogP contribution in [-0.2, 0) is 15.7 Å². The van der Waals surface area contributed by atoms with E-state index in [1.165, 1.54) is 0 Å². The first-order chi connectivity index (χ1) is 5.63. The molecule has 0 radical (unpaired) electrons. The van der Waals surface area contributed by atoms with Gasteiger partial charge in [-0.3, -0.25) is 0 Å². The second-order valence-electron chi connectivity index (χ2n) is 3.14. The lowest BCUT2D eigenvalue weighted by atomic mass is 10.1. The SMILES string of the molecule is O=C([O-])C1CCC2C1[S+]2C(=O)O. The quantitative estimate of drug-likeness (QED) is 0.431. The van der Waals surface area contributed by atoms with Crippen LogP contribution in [0.2, 0.25) is 0 Å². The molecule has 4 unspecified atom stereocenters. The molecule has 2 rings (SSSR count). The minimum absolute atomic E-state index is 0.104. The third-order valence-electron chi connectivity index (χ3n) is 2.57. The first-order valence-corrected chi connectivity index (χ1v) is 5.13. The standard InChI is InChI=1S/C7H8O4S/c8-6(9)3-1-2-4-5(3)12(4)7(10)11/h3-5H,1-2H2,(H-,8,9,10,11). The van der Waals surface area contributed by atoms with Crippen molar-refractivity contribution < 1.29 is 19.8 Å². The predicted molar refractivity (Wildman–Crippen MR) is 40.7 cm³/mol. The van der Waals surface area contributed by atoms with Crippen molar-refractivity contribution in [3.8, 4) is 0 Å². The Hall–Kier alpha value is -0.710. The van der Waals surface area contributed by atoms with E-state index >= 15 is 0 Å². The Morgan fingerprint density at radius 1 is 1.42 bits per heavy atom. The van der Waals surface area contributed by atoms with Gasteiger partial charge in [-0.05, 0) is 6.42 Å². The molecule has 0 spiro atoms. The highest BCUT2D eigenvalue weighted by molar-refractivity contribution is 8.17. The summed E-state index contributed by atoms with van der Waals surface area (Å²) in [5.74, 6) is -1.56. The van der Waals surface area contributed by atoms with Gasteiger partial charge in [-0.2, -0.15) is 4.79 Å².